The van der Waals surface area contributed by atoms with E-state index in [0.717, 1.165) is 67.9 Å². The minimum atomic E-state index is 0.534. The number of aromatic nitrogens is 8. The van der Waals surface area contributed by atoms with E-state index in [1.807, 2.05) is 36.1 Å². The summed E-state index contributed by atoms with van der Waals surface area (Å²) in [5.41, 5.74) is 9.02. The Morgan fingerprint density at radius 3 is 2.73 bits per heavy atom. The lowest BCUT2D eigenvalue weighted by Gasteiger charge is -2.12. The zero-order valence-electron chi connectivity index (χ0n) is 20.9. The first-order valence-electron chi connectivity index (χ1n) is 12.2. The van der Waals surface area contributed by atoms with Crippen LogP contribution >= 0.6 is 0 Å². The van der Waals surface area contributed by atoms with Gasteiger partial charge in [-0.2, -0.15) is 5.10 Å². The fourth-order valence-corrected chi connectivity index (χ4v) is 4.56. The lowest BCUT2D eigenvalue weighted by Crippen LogP contribution is -2.02. The van der Waals surface area contributed by atoms with Crippen LogP contribution in [0.4, 0.5) is 5.69 Å². The van der Waals surface area contributed by atoms with E-state index in [1.54, 1.807) is 18.7 Å². The molecule has 9 heteroatoms. The monoisotopic (exact) mass is 489 g/mol. The second kappa shape index (κ2) is 9.02. The van der Waals surface area contributed by atoms with Crippen molar-refractivity contribution in [1.82, 2.24) is 39.7 Å². The molecule has 0 aliphatic rings. The van der Waals surface area contributed by atoms with E-state index in [4.69, 9.17) is 4.98 Å². The number of allylic oxidation sites excluding steroid dienone is 1. The van der Waals surface area contributed by atoms with E-state index in [2.05, 4.69) is 74.1 Å². The highest BCUT2D eigenvalue weighted by molar-refractivity contribution is 5.96. The molecule has 0 aliphatic heterocycles. The number of hydrogen-bond donors (Lipinski definition) is 3. The first-order chi connectivity index (χ1) is 17.9. The molecule has 5 heterocycles. The van der Waals surface area contributed by atoms with Gasteiger partial charge >= 0.3 is 0 Å². The summed E-state index contributed by atoms with van der Waals surface area (Å²) in [6, 6.07) is 8.30. The molecule has 5 aromatic heterocycles. The topological polar surface area (TPSA) is 113 Å². The zero-order valence-corrected chi connectivity index (χ0v) is 20.9. The van der Waals surface area contributed by atoms with Crippen LogP contribution in [0.25, 0.3) is 50.3 Å². The molecule has 0 unspecified atom stereocenters. The second-order valence-corrected chi connectivity index (χ2v) is 9.68. The van der Waals surface area contributed by atoms with Crippen LogP contribution in [0.15, 0.2) is 73.9 Å². The maximum atomic E-state index is 4.90. The van der Waals surface area contributed by atoms with Crippen molar-refractivity contribution in [2.45, 2.75) is 27.2 Å². The molecule has 0 aliphatic carbocycles. The van der Waals surface area contributed by atoms with Gasteiger partial charge in [0.25, 0.3) is 0 Å². The van der Waals surface area contributed by atoms with Crippen LogP contribution in [0.1, 0.15) is 26.0 Å². The number of fused-ring (bicyclic) bond motifs is 2. The SMILES string of the molecule is C=C(CC(C)C)Nc1cncc(-c2ccc3[nH]nc(-c4nc5c(-n6cnc(C)c6)cncc5[nH]4)c3c2)c1. The zero-order chi connectivity index (χ0) is 25.5. The Bertz CT molecular complexity index is 1750. The van der Waals surface area contributed by atoms with Gasteiger partial charge in [-0.25, -0.2) is 9.97 Å². The van der Waals surface area contributed by atoms with Crippen LogP contribution in [0.5, 0.6) is 0 Å². The molecule has 0 radical (unpaired) electrons. The fourth-order valence-electron chi connectivity index (χ4n) is 4.56. The third-order valence-electron chi connectivity index (χ3n) is 6.20. The van der Waals surface area contributed by atoms with Gasteiger partial charge in [0.15, 0.2) is 5.82 Å². The number of hydrogen-bond acceptors (Lipinski definition) is 6. The number of rotatable bonds is 7. The number of H-pyrrole nitrogens is 2. The summed E-state index contributed by atoms with van der Waals surface area (Å²) >= 11 is 0. The Morgan fingerprint density at radius 2 is 1.92 bits per heavy atom. The highest BCUT2D eigenvalue weighted by atomic mass is 15.1. The minimum Gasteiger partial charge on any atom is -0.358 e. The van der Waals surface area contributed by atoms with Gasteiger partial charge in [0.1, 0.15) is 11.2 Å². The van der Waals surface area contributed by atoms with Crippen molar-refractivity contribution in [2.75, 3.05) is 5.32 Å². The van der Waals surface area contributed by atoms with Gasteiger partial charge in [-0.15, -0.1) is 0 Å². The lowest BCUT2D eigenvalue weighted by atomic mass is 10.0. The second-order valence-electron chi connectivity index (χ2n) is 9.68. The Kier molecular flexibility index (Phi) is 5.52. The van der Waals surface area contributed by atoms with Crippen LogP contribution in [-0.2, 0) is 0 Å². The fraction of sp³-hybridized carbons (Fsp3) is 0.179. The normalized spacial score (nSPS) is 11.6. The average molecular weight is 490 g/mol. The number of nitrogens with zero attached hydrogens (tertiary/aromatic N) is 6. The minimum absolute atomic E-state index is 0.534. The number of anilines is 1. The van der Waals surface area contributed by atoms with E-state index >= 15 is 0 Å². The number of aromatic amines is 2. The molecule has 0 saturated carbocycles. The van der Waals surface area contributed by atoms with Gasteiger partial charge in [-0.05, 0) is 43.0 Å². The van der Waals surface area contributed by atoms with Crippen LogP contribution in [-0.4, -0.2) is 39.7 Å². The lowest BCUT2D eigenvalue weighted by molar-refractivity contribution is 0.645. The number of imidazole rings is 2. The third-order valence-corrected chi connectivity index (χ3v) is 6.20. The third kappa shape index (κ3) is 4.35. The molecule has 9 nitrogen and oxygen atoms in total. The summed E-state index contributed by atoms with van der Waals surface area (Å²) in [5, 5.41) is 12.1. The molecule has 184 valence electrons. The summed E-state index contributed by atoms with van der Waals surface area (Å²) in [6.07, 6.45) is 11.9. The molecule has 0 fully saturated rings. The Morgan fingerprint density at radius 1 is 1.05 bits per heavy atom. The number of benzene rings is 1. The van der Waals surface area contributed by atoms with Crippen LogP contribution in [0, 0.1) is 12.8 Å². The molecular formula is C28H27N9. The van der Waals surface area contributed by atoms with E-state index in [-0.39, 0.29) is 0 Å². The molecule has 6 aromatic rings. The molecule has 0 saturated heterocycles. The molecule has 1 aromatic carbocycles. The molecule has 6 rings (SSSR count). The largest absolute Gasteiger partial charge is 0.358 e. The quantitative estimate of drug-likeness (QED) is 0.252. The first-order valence-corrected chi connectivity index (χ1v) is 12.2. The number of pyridine rings is 2. The maximum absolute atomic E-state index is 4.90. The summed E-state index contributed by atoms with van der Waals surface area (Å²) in [5.74, 6) is 1.20. The van der Waals surface area contributed by atoms with Crippen LogP contribution in [0.2, 0.25) is 0 Å². The molecule has 37 heavy (non-hydrogen) atoms. The summed E-state index contributed by atoms with van der Waals surface area (Å²) in [7, 11) is 0. The summed E-state index contributed by atoms with van der Waals surface area (Å²) < 4.78 is 1.93. The predicted octanol–water partition coefficient (Wildman–Crippen LogP) is 6.03. The standard InChI is InChI=1S/C28H27N9/c1-16(2)7-17(3)32-21-8-20(10-29-11-21)19-5-6-23-22(9-19)26(36-35-23)28-33-24-12-30-13-25(27(24)34-28)37-14-18(4)31-15-37/h5-6,8-16,32H,3,7H2,1-2,4H3,(H,33,34)(H,35,36). The highest BCUT2D eigenvalue weighted by Gasteiger charge is 2.16. The van der Waals surface area contributed by atoms with Gasteiger partial charge in [-0.3, -0.25) is 15.1 Å². The van der Waals surface area contributed by atoms with Crippen molar-refractivity contribution < 1.29 is 0 Å². The van der Waals surface area contributed by atoms with Gasteiger partial charge in [-0.1, -0.05) is 26.5 Å². The van der Waals surface area contributed by atoms with Crippen molar-refractivity contribution in [3.8, 4) is 28.3 Å². The molecule has 0 spiro atoms. The smallest absolute Gasteiger partial charge is 0.159 e. The van der Waals surface area contributed by atoms with Crippen LogP contribution < -0.4 is 5.32 Å². The molecule has 0 atom stereocenters. The predicted molar refractivity (Wildman–Crippen MR) is 146 cm³/mol. The van der Waals surface area contributed by atoms with Gasteiger partial charge in [0.2, 0.25) is 0 Å². The van der Waals surface area contributed by atoms with E-state index < -0.39 is 0 Å². The van der Waals surface area contributed by atoms with Gasteiger partial charge < -0.3 is 14.9 Å². The molecule has 3 N–H and O–H groups in total. The average Bonchev–Trinajstić information content (AvgIpc) is 3.60. The number of aryl methyl sites for hydroxylation is 1. The molecule has 0 bridgehead atoms. The van der Waals surface area contributed by atoms with Crippen molar-refractivity contribution in [3.05, 3.63) is 79.5 Å². The Balaban J connectivity index is 1.38. The van der Waals surface area contributed by atoms with Gasteiger partial charge in [0.05, 0.1) is 53.0 Å². The first kappa shape index (κ1) is 22.7. The Hall–Kier alpha value is -4.79. The molecular weight excluding hydrogens is 462 g/mol. The summed E-state index contributed by atoms with van der Waals surface area (Å²) in [4.78, 5) is 21.5. The number of nitrogens with one attached hydrogen (secondary N) is 3. The highest BCUT2D eigenvalue weighted by Crippen LogP contribution is 2.32. The van der Waals surface area contributed by atoms with E-state index in [9.17, 15) is 0 Å². The van der Waals surface area contributed by atoms with E-state index in [1.165, 1.54) is 0 Å². The van der Waals surface area contributed by atoms with Crippen molar-refractivity contribution in [1.29, 1.82) is 0 Å². The van der Waals surface area contributed by atoms with Crippen molar-refractivity contribution in [3.63, 3.8) is 0 Å². The van der Waals surface area contributed by atoms with E-state index in [0.29, 0.717) is 11.7 Å². The van der Waals surface area contributed by atoms with Crippen molar-refractivity contribution in [2.24, 2.45) is 5.92 Å². The Labute approximate surface area is 213 Å². The maximum Gasteiger partial charge on any atom is 0.159 e. The van der Waals surface area contributed by atoms with Crippen molar-refractivity contribution >= 4 is 27.6 Å². The van der Waals surface area contributed by atoms with Crippen LogP contribution in [0.3, 0.4) is 0 Å². The summed E-state index contributed by atoms with van der Waals surface area (Å²) in [6.45, 7) is 10.5. The molecule has 0 amide bonds. The van der Waals surface area contributed by atoms with Gasteiger partial charge in [0, 0.05) is 29.0 Å².